The number of amides is 1. The SMILES string of the molecule is COC1=C(C)C(=O)[C@]23N4[C@H]5[C@@H]4CN2[C@]5(OC)[C@H](COC(N)=O)[C@]3(Br)C1=O. The van der Waals surface area contributed by atoms with Crippen molar-refractivity contribution in [3.05, 3.63) is 11.3 Å². The number of carbonyl (C=O) groups excluding carboxylic acids is 3. The molecule has 0 aromatic heterocycles. The van der Waals surface area contributed by atoms with E-state index in [0.29, 0.717) is 12.1 Å². The zero-order chi connectivity index (χ0) is 18.8. The smallest absolute Gasteiger partial charge is 0.404 e. The van der Waals surface area contributed by atoms with Gasteiger partial charge >= 0.3 is 6.09 Å². The predicted octanol–water partition coefficient (Wildman–Crippen LogP) is -0.662. The quantitative estimate of drug-likeness (QED) is 0.464. The summed E-state index contributed by atoms with van der Waals surface area (Å²) in [5.41, 5.74) is 3.37. The lowest BCUT2D eigenvalue weighted by atomic mass is 9.69. The fourth-order valence-electron chi connectivity index (χ4n) is 6.14. The molecule has 9 nitrogen and oxygen atoms in total. The van der Waals surface area contributed by atoms with Gasteiger partial charge < -0.3 is 19.9 Å². The number of Topliss-reactive ketones (excluding diaryl/α,β-unsaturated/α-hetero) is 2. The van der Waals surface area contributed by atoms with Crippen LogP contribution in [0.25, 0.3) is 0 Å². The molecule has 10 heteroatoms. The molecule has 1 spiro atoms. The maximum atomic E-state index is 13.5. The number of nitrogens with two attached hydrogens (primary N) is 1. The Morgan fingerprint density at radius 1 is 1.35 bits per heavy atom. The van der Waals surface area contributed by atoms with E-state index in [4.69, 9.17) is 19.9 Å². The number of nitrogens with zero attached hydrogens (tertiary/aromatic N) is 2. The third kappa shape index (κ3) is 1.24. The van der Waals surface area contributed by atoms with Crippen molar-refractivity contribution in [3.8, 4) is 0 Å². The Morgan fingerprint density at radius 3 is 2.58 bits per heavy atom. The molecule has 0 radical (unpaired) electrons. The molecule has 2 N–H and O–H groups in total. The molecule has 140 valence electrons. The molecule has 2 unspecified atom stereocenters. The number of primary amides is 1. The molecule has 1 aliphatic carbocycles. The van der Waals surface area contributed by atoms with Crippen LogP contribution in [0.5, 0.6) is 0 Å². The number of methoxy groups -OCH3 is 2. The van der Waals surface area contributed by atoms with E-state index in [1.54, 1.807) is 14.0 Å². The highest BCUT2D eigenvalue weighted by atomic mass is 79.9. The molecule has 6 rings (SSSR count). The second-order valence-electron chi connectivity index (χ2n) is 7.37. The Morgan fingerprint density at radius 2 is 2.04 bits per heavy atom. The first-order valence-electron chi connectivity index (χ1n) is 8.33. The highest BCUT2D eigenvalue weighted by molar-refractivity contribution is 9.10. The Kier molecular flexibility index (Phi) is 2.88. The van der Waals surface area contributed by atoms with Crippen LogP contribution in [0.1, 0.15) is 6.92 Å². The fourth-order valence-corrected chi connectivity index (χ4v) is 7.38. The van der Waals surface area contributed by atoms with Crippen molar-refractivity contribution >= 4 is 33.6 Å². The molecule has 0 aromatic rings. The molecule has 0 aromatic carbocycles. The molecule has 5 saturated heterocycles. The van der Waals surface area contributed by atoms with Crippen molar-refractivity contribution in [2.24, 2.45) is 11.7 Å². The van der Waals surface area contributed by atoms with E-state index in [0.717, 1.165) is 0 Å². The van der Waals surface area contributed by atoms with Crippen LogP contribution in [0.15, 0.2) is 11.3 Å². The maximum absolute atomic E-state index is 13.5. The van der Waals surface area contributed by atoms with Gasteiger partial charge in [0.05, 0.1) is 19.1 Å². The monoisotopic (exact) mass is 427 g/mol. The molecule has 5 aliphatic heterocycles. The van der Waals surface area contributed by atoms with Gasteiger partial charge in [-0.05, 0) is 6.92 Å². The summed E-state index contributed by atoms with van der Waals surface area (Å²) in [4.78, 5) is 42.3. The highest BCUT2D eigenvalue weighted by Crippen LogP contribution is 2.78. The van der Waals surface area contributed by atoms with Gasteiger partial charge in [-0.25, -0.2) is 9.69 Å². The Labute approximate surface area is 157 Å². The lowest BCUT2D eigenvalue weighted by Crippen LogP contribution is -2.70. The summed E-state index contributed by atoms with van der Waals surface area (Å²) in [6.07, 6.45) is -0.938. The first kappa shape index (κ1) is 16.7. The van der Waals surface area contributed by atoms with E-state index in [9.17, 15) is 14.4 Å². The van der Waals surface area contributed by atoms with E-state index < -0.39 is 27.7 Å². The van der Waals surface area contributed by atoms with Gasteiger partial charge in [0, 0.05) is 25.3 Å². The average Bonchev–Trinajstić information content (AvgIpc) is 2.90. The number of piperazine rings is 1. The van der Waals surface area contributed by atoms with Crippen LogP contribution in [-0.4, -0.2) is 82.6 Å². The van der Waals surface area contributed by atoms with Crippen LogP contribution >= 0.6 is 15.9 Å². The number of halogens is 1. The summed E-state index contributed by atoms with van der Waals surface area (Å²) in [5.74, 6) is -1.12. The normalized spacial score (nSPS) is 52.4. The Balaban J connectivity index is 1.76. The first-order valence-corrected chi connectivity index (χ1v) is 9.12. The van der Waals surface area contributed by atoms with Crippen molar-refractivity contribution in [1.82, 2.24) is 9.80 Å². The van der Waals surface area contributed by atoms with Crippen molar-refractivity contribution in [2.75, 3.05) is 27.4 Å². The maximum Gasteiger partial charge on any atom is 0.404 e. The van der Waals surface area contributed by atoms with Crippen molar-refractivity contribution in [1.29, 1.82) is 0 Å². The molecule has 0 saturated carbocycles. The van der Waals surface area contributed by atoms with Crippen LogP contribution < -0.4 is 5.73 Å². The lowest BCUT2D eigenvalue weighted by Gasteiger charge is -2.47. The van der Waals surface area contributed by atoms with Gasteiger partial charge in [0.25, 0.3) is 0 Å². The van der Waals surface area contributed by atoms with Crippen molar-refractivity contribution in [2.45, 2.75) is 34.7 Å². The number of allylic oxidation sites excluding steroid dienone is 1. The zero-order valence-corrected chi connectivity index (χ0v) is 16.0. The molecule has 8 atom stereocenters. The van der Waals surface area contributed by atoms with E-state index in [2.05, 4.69) is 20.8 Å². The molecule has 5 fully saturated rings. The molecule has 5 heterocycles. The van der Waals surface area contributed by atoms with Gasteiger partial charge in [0.1, 0.15) is 16.7 Å². The number of ketones is 2. The minimum Gasteiger partial charge on any atom is -0.493 e. The van der Waals surface area contributed by atoms with Crippen molar-refractivity contribution < 1.29 is 28.6 Å². The average molecular weight is 428 g/mol. The largest absolute Gasteiger partial charge is 0.493 e. The molecule has 26 heavy (non-hydrogen) atoms. The van der Waals surface area contributed by atoms with Crippen molar-refractivity contribution in [3.63, 3.8) is 0 Å². The summed E-state index contributed by atoms with van der Waals surface area (Å²) in [6, 6.07) is 0.118. The van der Waals surface area contributed by atoms with Gasteiger partial charge in [0.15, 0.2) is 17.2 Å². The van der Waals surface area contributed by atoms with Gasteiger partial charge in [-0.3, -0.25) is 14.5 Å². The van der Waals surface area contributed by atoms with Gasteiger partial charge in [-0.2, -0.15) is 0 Å². The lowest BCUT2D eigenvalue weighted by molar-refractivity contribution is -0.140. The number of alkyl halides is 1. The molecule has 6 aliphatic rings. The number of piperidine rings is 1. The summed E-state index contributed by atoms with van der Waals surface area (Å²) in [6.45, 7) is 2.09. The molecule has 1 amide bonds. The fraction of sp³-hybridized carbons (Fsp3) is 0.688. The Bertz CT molecular complexity index is 831. The minimum absolute atomic E-state index is 0.0201. The van der Waals surface area contributed by atoms with E-state index in [1.165, 1.54) is 7.11 Å². The van der Waals surface area contributed by atoms with E-state index >= 15 is 0 Å². The van der Waals surface area contributed by atoms with E-state index in [1.807, 2.05) is 4.90 Å². The third-order valence-electron chi connectivity index (χ3n) is 6.86. The van der Waals surface area contributed by atoms with Gasteiger partial charge in [-0.1, -0.05) is 15.9 Å². The molecular formula is C16H18BrN3O6. The minimum atomic E-state index is -1.35. The predicted molar refractivity (Wildman–Crippen MR) is 89.0 cm³/mol. The molecule has 6 bridgehead atoms. The standard InChI is InChI=1S/C16H18BrN3O6/c1-6-9(24-2)12(22)14(17)8(5-26-13(18)23)15(25-3)10-7-4-19(15)16(14,11(6)21)20(7)10/h7-8,10H,4-5H2,1-3H3,(H2,18,23)/t7-,8+,10-,14-,15-,16+,20?/m0/s1. The molecular weight excluding hydrogens is 410 g/mol. The number of ether oxygens (including phenoxy) is 3. The Hall–Kier alpha value is -1.49. The van der Waals surface area contributed by atoms with E-state index in [-0.39, 0.29) is 36.0 Å². The number of rotatable bonds is 4. The van der Waals surface area contributed by atoms with Gasteiger partial charge in [0.2, 0.25) is 5.78 Å². The summed E-state index contributed by atoms with van der Waals surface area (Å²) in [5, 5.41) is 0. The number of carbonyl (C=O) groups is 3. The summed E-state index contributed by atoms with van der Waals surface area (Å²) >= 11 is 3.63. The van der Waals surface area contributed by atoms with Crippen LogP contribution in [0, 0.1) is 5.92 Å². The summed E-state index contributed by atoms with van der Waals surface area (Å²) in [7, 11) is 2.93. The highest BCUT2D eigenvalue weighted by Gasteiger charge is 3.00. The second-order valence-corrected chi connectivity index (χ2v) is 8.62. The van der Waals surface area contributed by atoms with Gasteiger partial charge in [-0.15, -0.1) is 0 Å². The van der Waals surface area contributed by atoms with Crippen LogP contribution in [-0.2, 0) is 23.8 Å². The van der Waals surface area contributed by atoms with Crippen LogP contribution in [0.4, 0.5) is 4.79 Å². The number of hydrogen-bond acceptors (Lipinski definition) is 8. The number of hydrogen-bond donors (Lipinski definition) is 1. The zero-order valence-electron chi connectivity index (χ0n) is 14.4. The first-order chi connectivity index (χ1) is 12.3. The topological polar surface area (TPSA) is 111 Å². The second kappa shape index (κ2) is 4.49. The van der Waals surface area contributed by atoms with Crippen LogP contribution in [0.3, 0.4) is 0 Å². The summed E-state index contributed by atoms with van der Waals surface area (Å²) < 4.78 is 15.0. The van der Waals surface area contributed by atoms with Crippen LogP contribution in [0.2, 0.25) is 0 Å². The third-order valence-corrected chi connectivity index (χ3v) is 8.32.